The molecule has 1 atom stereocenters. The Morgan fingerprint density at radius 3 is 2.45 bits per heavy atom. The largest absolute Gasteiger partial charge is 0.444 e. The number of nitrogens with one attached hydrogen (secondary N) is 2. The van der Waals surface area contributed by atoms with E-state index in [1.807, 2.05) is 36.4 Å². The van der Waals surface area contributed by atoms with Crippen molar-refractivity contribution in [1.82, 2.24) is 15.2 Å². The molecular weight excluding hydrogens is 540 g/mol. The van der Waals surface area contributed by atoms with E-state index in [2.05, 4.69) is 16.7 Å². The Labute approximate surface area is 244 Å². The van der Waals surface area contributed by atoms with Gasteiger partial charge in [-0.05, 0) is 56.0 Å². The molecule has 2 aromatic carbocycles. The molecule has 1 aromatic heterocycles. The van der Waals surface area contributed by atoms with Gasteiger partial charge in [0, 0.05) is 52.7 Å². The van der Waals surface area contributed by atoms with Crippen molar-refractivity contribution in [3.8, 4) is 17.2 Å². The summed E-state index contributed by atoms with van der Waals surface area (Å²) in [6.07, 6.45) is 0.816. The molecule has 11 nitrogen and oxygen atoms in total. The smallest absolute Gasteiger partial charge is 0.419 e. The van der Waals surface area contributed by atoms with Gasteiger partial charge >= 0.3 is 11.8 Å². The van der Waals surface area contributed by atoms with Crippen molar-refractivity contribution in [2.45, 2.75) is 70.2 Å². The van der Waals surface area contributed by atoms with Gasteiger partial charge in [-0.2, -0.15) is 5.26 Å². The average molecular weight is 579 g/mol. The third kappa shape index (κ3) is 7.57. The first-order valence-corrected chi connectivity index (χ1v) is 14.0. The highest BCUT2D eigenvalue weighted by Gasteiger charge is 2.43. The third-order valence-corrected chi connectivity index (χ3v) is 7.11. The summed E-state index contributed by atoms with van der Waals surface area (Å²) in [7, 11) is 1.62. The zero-order chi connectivity index (χ0) is 30.3. The van der Waals surface area contributed by atoms with Crippen molar-refractivity contribution >= 4 is 23.1 Å². The molecule has 0 aliphatic carbocycles. The number of amides is 2. The second-order valence-corrected chi connectivity index (χ2v) is 11.4. The Morgan fingerprint density at radius 2 is 1.81 bits per heavy atom. The fourth-order valence-corrected chi connectivity index (χ4v) is 4.94. The number of aromatic nitrogens is 1. The SMILES string of the molecule is COCCCn1c(=O)oc2ccc(-c3ccc(CC(C#N)NC(=O)C4(NC(=O)OC(C)(C)C)CCOCC4)cc3)cc21. The van der Waals surface area contributed by atoms with E-state index in [1.54, 1.807) is 38.5 Å². The summed E-state index contributed by atoms with van der Waals surface area (Å²) in [4.78, 5) is 38.3. The van der Waals surface area contributed by atoms with Crippen molar-refractivity contribution in [2.75, 3.05) is 26.9 Å². The number of benzene rings is 2. The lowest BCUT2D eigenvalue weighted by Crippen LogP contribution is -2.63. The van der Waals surface area contributed by atoms with Crippen LogP contribution < -0.4 is 16.4 Å². The van der Waals surface area contributed by atoms with Crippen molar-refractivity contribution in [2.24, 2.45) is 0 Å². The molecule has 2 N–H and O–H groups in total. The number of nitrogens with zero attached hydrogens (tertiary/aromatic N) is 2. The van der Waals surface area contributed by atoms with Gasteiger partial charge in [0.05, 0.1) is 11.6 Å². The molecule has 42 heavy (non-hydrogen) atoms. The van der Waals surface area contributed by atoms with E-state index in [0.717, 1.165) is 16.7 Å². The highest BCUT2D eigenvalue weighted by Crippen LogP contribution is 2.26. The number of rotatable bonds is 10. The van der Waals surface area contributed by atoms with E-state index in [0.29, 0.717) is 43.9 Å². The van der Waals surface area contributed by atoms with Crippen LogP contribution in [0.5, 0.6) is 0 Å². The van der Waals surface area contributed by atoms with Crippen molar-refractivity contribution in [3.63, 3.8) is 0 Å². The molecule has 1 fully saturated rings. The Kier molecular flexibility index (Phi) is 9.70. The van der Waals surface area contributed by atoms with Gasteiger partial charge < -0.3 is 29.3 Å². The number of methoxy groups -OCH3 is 1. The van der Waals surface area contributed by atoms with Crippen LogP contribution in [0.3, 0.4) is 0 Å². The number of aryl methyl sites for hydroxylation is 1. The number of fused-ring (bicyclic) bond motifs is 1. The van der Waals surface area contributed by atoms with E-state index < -0.39 is 34.9 Å². The maximum atomic E-state index is 13.4. The van der Waals surface area contributed by atoms with Crippen LogP contribution in [0.1, 0.15) is 45.6 Å². The van der Waals surface area contributed by atoms with Gasteiger partial charge in [0.15, 0.2) is 5.58 Å². The predicted octanol–water partition coefficient (Wildman–Crippen LogP) is 3.92. The van der Waals surface area contributed by atoms with E-state index in [1.165, 1.54) is 0 Å². The van der Waals surface area contributed by atoms with Crippen LogP contribution >= 0.6 is 0 Å². The fourth-order valence-electron chi connectivity index (χ4n) is 4.94. The first-order chi connectivity index (χ1) is 20.0. The first kappa shape index (κ1) is 30.8. The monoisotopic (exact) mass is 578 g/mol. The maximum Gasteiger partial charge on any atom is 0.419 e. The van der Waals surface area contributed by atoms with Gasteiger partial charge in [-0.3, -0.25) is 9.36 Å². The van der Waals surface area contributed by atoms with Gasteiger partial charge in [0.25, 0.3) is 0 Å². The Balaban J connectivity index is 1.45. The van der Waals surface area contributed by atoms with E-state index in [4.69, 9.17) is 18.6 Å². The number of nitriles is 1. The highest BCUT2D eigenvalue weighted by atomic mass is 16.6. The second-order valence-electron chi connectivity index (χ2n) is 11.4. The molecule has 0 spiro atoms. The van der Waals surface area contributed by atoms with E-state index in [-0.39, 0.29) is 19.3 Å². The minimum Gasteiger partial charge on any atom is -0.444 e. The zero-order valence-corrected chi connectivity index (χ0v) is 24.5. The fraction of sp³-hybridized carbons (Fsp3) is 0.484. The molecule has 4 rings (SSSR count). The summed E-state index contributed by atoms with van der Waals surface area (Å²) in [6, 6.07) is 14.6. The molecular formula is C31H38N4O7. The molecule has 1 aliphatic rings. The van der Waals surface area contributed by atoms with E-state index >= 15 is 0 Å². The number of ether oxygens (including phenoxy) is 3. The third-order valence-electron chi connectivity index (χ3n) is 7.11. The molecule has 1 unspecified atom stereocenters. The number of alkyl carbamates (subject to hydrolysis) is 1. The van der Waals surface area contributed by atoms with Crippen LogP contribution in [0.2, 0.25) is 0 Å². The minimum absolute atomic E-state index is 0.270. The van der Waals surface area contributed by atoms with Gasteiger partial charge in [-0.1, -0.05) is 30.3 Å². The molecule has 1 saturated heterocycles. The van der Waals surface area contributed by atoms with Crippen LogP contribution in [-0.2, 0) is 32.0 Å². The van der Waals surface area contributed by atoms with Crippen molar-refractivity contribution in [3.05, 3.63) is 58.6 Å². The van der Waals surface area contributed by atoms with Crippen LogP contribution in [0.25, 0.3) is 22.2 Å². The summed E-state index contributed by atoms with van der Waals surface area (Å²) < 4.78 is 22.9. The van der Waals surface area contributed by atoms with E-state index in [9.17, 15) is 19.6 Å². The number of carbonyl (C=O) groups excluding carboxylic acids is 2. The normalized spacial score (nSPS) is 15.5. The Bertz CT molecular complexity index is 1490. The topological polar surface area (TPSA) is 145 Å². The lowest BCUT2D eigenvalue weighted by atomic mass is 9.88. The van der Waals surface area contributed by atoms with Crippen molar-refractivity contribution in [1.29, 1.82) is 5.26 Å². The lowest BCUT2D eigenvalue weighted by molar-refractivity contribution is -0.132. The lowest BCUT2D eigenvalue weighted by Gasteiger charge is -2.37. The molecule has 1 aliphatic heterocycles. The van der Waals surface area contributed by atoms with Gasteiger partial charge in [-0.25, -0.2) is 9.59 Å². The predicted molar refractivity (Wildman–Crippen MR) is 156 cm³/mol. The number of carbonyl (C=O) groups is 2. The first-order valence-electron chi connectivity index (χ1n) is 14.0. The molecule has 224 valence electrons. The highest BCUT2D eigenvalue weighted by molar-refractivity contribution is 5.90. The summed E-state index contributed by atoms with van der Waals surface area (Å²) in [5, 5.41) is 15.4. The quantitative estimate of drug-likeness (QED) is 0.345. The number of oxazole rings is 1. The van der Waals surface area contributed by atoms with Crippen LogP contribution in [0, 0.1) is 11.3 Å². The molecule has 11 heteroatoms. The average Bonchev–Trinajstić information content (AvgIpc) is 3.26. The minimum atomic E-state index is -1.23. The van der Waals surface area contributed by atoms with Crippen molar-refractivity contribution < 1.29 is 28.2 Å². The Morgan fingerprint density at radius 1 is 1.12 bits per heavy atom. The molecule has 2 heterocycles. The van der Waals surface area contributed by atoms with Crippen LogP contribution in [0.4, 0.5) is 4.79 Å². The standard InChI is InChI=1S/C31H38N4O7/c1-30(2,3)42-28(37)34-31(12-16-40-17-13-31)27(36)33-24(20-32)18-21-6-8-22(9-7-21)23-10-11-26-25(19-23)35(29(38)41-26)14-5-15-39-4/h6-11,19,24H,5,12-18H2,1-4H3,(H,33,36)(H,34,37). The molecule has 0 saturated carbocycles. The second kappa shape index (κ2) is 13.2. The molecule has 0 bridgehead atoms. The van der Waals surface area contributed by atoms with Crippen LogP contribution in [0.15, 0.2) is 51.7 Å². The molecule has 2 amide bonds. The van der Waals surface area contributed by atoms with Gasteiger partial charge in [-0.15, -0.1) is 0 Å². The van der Waals surface area contributed by atoms with Crippen LogP contribution in [-0.4, -0.2) is 60.7 Å². The number of hydrogen-bond acceptors (Lipinski definition) is 8. The summed E-state index contributed by atoms with van der Waals surface area (Å²) >= 11 is 0. The number of hydrogen-bond donors (Lipinski definition) is 2. The summed E-state index contributed by atoms with van der Waals surface area (Å²) in [6.45, 7) is 6.88. The summed E-state index contributed by atoms with van der Waals surface area (Å²) in [5.74, 6) is -0.841. The zero-order valence-electron chi connectivity index (χ0n) is 24.5. The molecule has 0 radical (unpaired) electrons. The summed E-state index contributed by atoms with van der Waals surface area (Å²) in [5.41, 5.74) is 1.99. The van der Waals surface area contributed by atoms with Gasteiger partial charge in [0.2, 0.25) is 5.91 Å². The molecule has 3 aromatic rings. The van der Waals surface area contributed by atoms with Gasteiger partial charge in [0.1, 0.15) is 17.2 Å². The maximum absolute atomic E-state index is 13.4. The Hall–Kier alpha value is -4.14.